The monoisotopic (exact) mass is 448 g/mol. The molecule has 9 heteroatoms. The molecule has 2 aromatic carbocycles. The molecule has 0 aliphatic heterocycles. The quantitative estimate of drug-likeness (QED) is 0.549. The number of benzene rings is 2. The molecule has 1 amide bonds. The highest BCUT2D eigenvalue weighted by atomic mass is 35.5. The van der Waals surface area contributed by atoms with Crippen molar-refractivity contribution >= 4 is 33.2 Å². The van der Waals surface area contributed by atoms with Crippen molar-refractivity contribution in [3.8, 4) is 11.5 Å². The van der Waals surface area contributed by atoms with Gasteiger partial charge in [-0.3, -0.25) is 4.79 Å². The Labute approximate surface area is 180 Å². The van der Waals surface area contributed by atoms with Crippen molar-refractivity contribution in [1.29, 1.82) is 0 Å². The fourth-order valence-corrected chi connectivity index (χ4v) is 4.06. The molecule has 30 heavy (non-hydrogen) atoms. The lowest BCUT2D eigenvalue weighted by molar-refractivity contribution is 0.0991. The summed E-state index contributed by atoms with van der Waals surface area (Å²) < 4.78 is 38.3. The van der Waals surface area contributed by atoms with Gasteiger partial charge in [0.25, 0.3) is 15.9 Å². The molecule has 0 aliphatic carbocycles. The number of anilines is 1. The number of nitrogens with one attached hydrogen (secondary N) is 2. The molecule has 0 radical (unpaired) electrons. The summed E-state index contributed by atoms with van der Waals surface area (Å²) in [5, 5.41) is 2.74. The first-order valence-corrected chi connectivity index (χ1v) is 10.9. The van der Waals surface area contributed by atoms with Crippen molar-refractivity contribution in [2.45, 2.75) is 31.4 Å². The Balaban J connectivity index is 1.79. The third-order valence-corrected chi connectivity index (χ3v) is 5.64. The van der Waals surface area contributed by atoms with Crippen LogP contribution in [0.5, 0.6) is 11.5 Å². The SMILES string of the molecule is CC(C)(C)NS(=O)(=O)c1ccc(C(=O)Nc2ccccc2Oc2ccccc2Cl)o1. The molecule has 0 saturated carbocycles. The molecule has 1 heterocycles. The van der Waals surface area contributed by atoms with Crippen LogP contribution in [0.2, 0.25) is 5.02 Å². The van der Waals surface area contributed by atoms with E-state index in [2.05, 4.69) is 10.0 Å². The number of ether oxygens (including phenoxy) is 1. The number of furan rings is 1. The van der Waals surface area contributed by atoms with Crippen LogP contribution in [0, 0.1) is 0 Å². The van der Waals surface area contributed by atoms with Crippen LogP contribution in [-0.4, -0.2) is 19.9 Å². The number of sulfonamides is 1. The molecule has 0 atom stereocenters. The van der Waals surface area contributed by atoms with Gasteiger partial charge in [0.15, 0.2) is 11.5 Å². The molecule has 158 valence electrons. The van der Waals surface area contributed by atoms with Crippen molar-refractivity contribution < 1.29 is 22.4 Å². The van der Waals surface area contributed by atoms with Crippen LogP contribution in [-0.2, 0) is 10.0 Å². The second-order valence-electron chi connectivity index (χ2n) is 7.46. The standard InChI is InChI=1S/C21H21ClN2O5S/c1-21(2,3)24-30(26,27)19-13-12-18(29-19)20(25)23-15-9-5-7-11-17(15)28-16-10-6-4-8-14(16)22/h4-13,24H,1-3H3,(H,23,25). The Morgan fingerprint density at radius 2 is 1.60 bits per heavy atom. The summed E-state index contributed by atoms with van der Waals surface area (Å²) in [5.41, 5.74) is -0.320. The molecular formula is C21H21ClN2O5S. The Hall–Kier alpha value is -2.81. The summed E-state index contributed by atoms with van der Waals surface area (Å²) in [7, 11) is -3.89. The largest absolute Gasteiger partial charge is 0.454 e. The van der Waals surface area contributed by atoms with E-state index >= 15 is 0 Å². The number of hydrogen-bond acceptors (Lipinski definition) is 5. The number of hydrogen-bond donors (Lipinski definition) is 2. The number of rotatable bonds is 6. The topological polar surface area (TPSA) is 97.6 Å². The predicted octanol–water partition coefficient (Wildman–Crippen LogP) is 5.05. The molecule has 0 spiro atoms. The number of amides is 1. The van der Waals surface area contributed by atoms with E-state index < -0.39 is 21.5 Å². The number of halogens is 1. The highest BCUT2D eigenvalue weighted by Crippen LogP contribution is 2.33. The number of para-hydroxylation sites is 3. The Morgan fingerprint density at radius 3 is 2.27 bits per heavy atom. The van der Waals surface area contributed by atoms with E-state index in [1.807, 2.05) is 0 Å². The van der Waals surface area contributed by atoms with Crippen molar-refractivity contribution in [1.82, 2.24) is 4.72 Å². The maximum absolute atomic E-state index is 12.6. The summed E-state index contributed by atoms with van der Waals surface area (Å²) >= 11 is 6.13. The van der Waals surface area contributed by atoms with Gasteiger partial charge in [0, 0.05) is 5.54 Å². The predicted molar refractivity (Wildman–Crippen MR) is 115 cm³/mol. The van der Waals surface area contributed by atoms with Crippen molar-refractivity contribution in [2.24, 2.45) is 0 Å². The number of carbonyl (C=O) groups is 1. The first-order chi connectivity index (χ1) is 14.0. The molecule has 0 aliphatic rings. The molecule has 0 unspecified atom stereocenters. The molecule has 1 aromatic heterocycles. The second-order valence-corrected chi connectivity index (χ2v) is 9.48. The van der Waals surface area contributed by atoms with E-state index in [1.54, 1.807) is 69.3 Å². The molecule has 2 N–H and O–H groups in total. The van der Waals surface area contributed by atoms with E-state index in [-0.39, 0.29) is 10.9 Å². The van der Waals surface area contributed by atoms with Gasteiger partial charge in [0.1, 0.15) is 5.75 Å². The molecular weight excluding hydrogens is 428 g/mol. The van der Waals surface area contributed by atoms with Crippen molar-refractivity contribution in [3.05, 3.63) is 71.4 Å². The molecule has 3 aromatic rings. The fraction of sp³-hybridized carbons (Fsp3) is 0.190. The zero-order valence-corrected chi connectivity index (χ0v) is 18.2. The summed E-state index contributed by atoms with van der Waals surface area (Å²) in [6, 6.07) is 16.3. The lowest BCUT2D eigenvalue weighted by Gasteiger charge is -2.19. The zero-order chi connectivity index (χ0) is 21.9. The first-order valence-electron chi connectivity index (χ1n) is 9.02. The van der Waals surface area contributed by atoms with E-state index in [0.717, 1.165) is 0 Å². The normalized spacial score (nSPS) is 11.9. The first kappa shape index (κ1) is 21.9. The average molecular weight is 449 g/mol. The molecule has 0 saturated heterocycles. The third kappa shape index (κ3) is 5.41. The van der Waals surface area contributed by atoms with Crippen molar-refractivity contribution in [2.75, 3.05) is 5.32 Å². The van der Waals surface area contributed by atoms with Gasteiger partial charge in [-0.15, -0.1) is 0 Å². The minimum Gasteiger partial charge on any atom is -0.454 e. The summed E-state index contributed by atoms with van der Waals surface area (Å²) in [6.07, 6.45) is 0. The lowest BCUT2D eigenvalue weighted by atomic mass is 10.1. The number of carbonyl (C=O) groups excluding carboxylic acids is 1. The summed E-state index contributed by atoms with van der Waals surface area (Å²) in [6.45, 7) is 5.12. The zero-order valence-electron chi connectivity index (χ0n) is 16.6. The van der Waals surface area contributed by atoms with Gasteiger partial charge >= 0.3 is 0 Å². The van der Waals surface area contributed by atoms with Crippen LogP contribution in [0.4, 0.5) is 5.69 Å². The maximum atomic E-state index is 12.6. The molecule has 0 fully saturated rings. The lowest BCUT2D eigenvalue weighted by Crippen LogP contribution is -2.40. The Kier molecular flexibility index (Phi) is 6.21. The highest BCUT2D eigenvalue weighted by molar-refractivity contribution is 7.89. The fourth-order valence-electron chi connectivity index (χ4n) is 2.53. The van der Waals surface area contributed by atoms with Crippen LogP contribution >= 0.6 is 11.6 Å². The van der Waals surface area contributed by atoms with Crippen LogP contribution in [0.15, 0.2) is 70.2 Å². The van der Waals surface area contributed by atoms with Gasteiger partial charge in [-0.2, -0.15) is 0 Å². The van der Waals surface area contributed by atoms with Gasteiger partial charge in [-0.25, -0.2) is 13.1 Å². The average Bonchev–Trinajstić information content (AvgIpc) is 3.14. The van der Waals surface area contributed by atoms with Gasteiger partial charge in [-0.1, -0.05) is 35.9 Å². The molecule has 7 nitrogen and oxygen atoms in total. The van der Waals surface area contributed by atoms with Crippen molar-refractivity contribution in [3.63, 3.8) is 0 Å². The van der Waals surface area contributed by atoms with Crippen LogP contribution < -0.4 is 14.8 Å². The van der Waals surface area contributed by atoms with Gasteiger partial charge in [0.05, 0.1) is 10.7 Å². The minimum absolute atomic E-state index is 0.156. The molecule has 3 rings (SSSR count). The minimum atomic E-state index is -3.89. The second kappa shape index (κ2) is 8.51. The summed E-state index contributed by atoms with van der Waals surface area (Å²) in [5.74, 6) is 0.0208. The third-order valence-electron chi connectivity index (χ3n) is 3.70. The Morgan fingerprint density at radius 1 is 0.967 bits per heavy atom. The van der Waals surface area contributed by atoms with Gasteiger partial charge in [0.2, 0.25) is 5.09 Å². The van der Waals surface area contributed by atoms with E-state index in [4.69, 9.17) is 20.8 Å². The van der Waals surface area contributed by atoms with Crippen LogP contribution in [0.25, 0.3) is 0 Å². The van der Waals surface area contributed by atoms with Crippen LogP contribution in [0.3, 0.4) is 0 Å². The Bertz CT molecular complexity index is 1170. The van der Waals surface area contributed by atoms with Crippen LogP contribution in [0.1, 0.15) is 31.3 Å². The summed E-state index contributed by atoms with van der Waals surface area (Å²) in [4.78, 5) is 12.6. The maximum Gasteiger partial charge on any atom is 0.291 e. The van der Waals surface area contributed by atoms with E-state index in [9.17, 15) is 13.2 Å². The van der Waals surface area contributed by atoms with E-state index in [1.165, 1.54) is 12.1 Å². The van der Waals surface area contributed by atoms with Gasteiger partial charge < -0.3 is 14.5 Å². The smallest absolute Gasteiger partial charge is 0.291 e. The van der Waals surface area contributed by atoms with Gasteiger partial charge in [-0.05, 0) is 57.2 Å². The highest BCUT2D eigenvalue weighted by Gasteiger charge is 2.26. The molecule has 0 bridgehead atoms. The van der Waals surface area contributed by atoms with E-state index in [0.29, 0.717) is 22.2 Å².